The molecule has 0 amide bonds. The van der Waals surface area contributed by atoms with Crippen LogP contribution in [0.5, 0.6) is 0 Å². The Morgan fingerprint density at radius 2 is 2.12 bits per heavy atom. The number of carboxylic acid groups (broad SMARTS) is 1. The van der Waals surface area contributed by atoms with E-state index < -0.39 is 5.97 Å². The Kier molecular flexibility index (Phi) is 2.55. The van der Waals surface area contributed by atoms with Crippen molar-refractivity contribution in [3.63, 3.8) is 0 Å². The lowest BCUT2D eigenvalue weighted by Gasteiger charge is -2.05. The third-order valence-electron chi connectivity index (χ3n) is 2.48. The van der Waals surface area contributed by atoms with Crippen LogP contribution in [0.3, 0.4) is 0 Å². The van der Waals surface area contributed by atoms with Gasteiger partial charge >= 0.3 is 0 Å². The summed E-state index contributed by atoms with van der Waals surface area (Å²) >= 11 is 0. The number of hydrogen-bond donors (Lipinski definition) is 1. The van der Waals surface area contributed by atoms with E-state index in [0.717, 1.165) is 0 Å². The monoisotopic (exact) mass is 231 g/mol. The van der Waals surface area contributed by atoms with Crippen molar-refractivity contribution >= 4 is 11.7 Å². The number of carbonyl (C=O) groups excluding carboxylic acids is 1. The van der Waals surface area contributed by atoms with Gasteiger partial charge in [0.15, 0.2) is 5.82 Å². The highest BCUT2D eigenvalue weighted by Crippen LogP contribution is 2.16. The fourth-order valence-corrected chi connectivity index (χ4v) is 1.68. The summed E-state index contributed by atoms with van der Waals surface area (Å²) in [5.41, 5.74) is 7.06. The highest BCUT2D eigenvalue weighted by atomic mass is 16.4. The smallest absolute Gasteiger partial charge is 0.153 e. The second-order valence-corrected chi connectivity index (χ2v) is 3.69. The molecule has 0 aliphatic rings. The van der Waals surface area contributed by atoms with Crippen molar-refractivity contribution < 1.29 is 9.90 Å². The van der Waals surface area contributed by atoms with Crippen molar-refractivity contribution in [3.8, 4) is 5.82 Å². The number of carboxylic acids is 1. The number of aromatic carboxylic acids is 1. The van der Waals surface area contributed by atoms with Crippen LogP contribution in [0.4, 0.5) is 5.69 Å². The molecule has 2 rings (SSSR count). The van der Waals surface area contributed by atoms with Gasteiger partial charge in [0.25, 0.3) is 0 Å². The summed E-state index contributed by atoms with van der Waals surface area (Å²) in [5.74, 6) is -0.714. The zero-order chi connectivity index (χ0) is 12.6. The molecular formula is C11H11N4O2-. The van der Waals surface area contributed by atoms with E-state index in [1.54, 1.807) is 26.0 Å². The number of nitrogens with zero attached hydrogens (tertiary/aromatic N) is 3. The van der Waals surface area contributed by atoms with E-state index in [-0.39, 0.29) is 5.56 Å². The molecule has 0 atom stereocenters. The Morgan fingerprint density at radius 1 is 1.41 bits per heavy atom. The van der Waals surface area contributed by atoms with Crippen molar-refractivity contribution in [2.45, 2.75) is 13.8 Å². The zero-order valence-electron chi connectivity index (χ0n) is 9.47. The molecule has 6 heteroatoms. The van der Waals surface area contributed by atoms with Gasteiger partial charge in [0.1, 0.15) is 0 Å². The van der Waals surface area contributed by atoms with E-state index >= 15 is 0 Å². The Hall–Kier alpha value is -2.37. The molecule has 0 saturated heterocycles. The van der Waals surface area contributed by atoms with Gasteiger partial charge in [-0.25, -0.2) is 9.67 Å². The standard InChI is InChI=1S/C11H12N4O2/c1-6-10(11(16)17)7(2)15(14-6)9-4-3-8(12)5-13-9/h3-5H,12H2,1-2H3,(H,16,17)/p-1. The predicted molar refractivity (Wildman–Crippen MR) is 59.6 cm³/mol. The number of nitrogen functional groups attached to an aromatic ring is 1. The van der Waals surface area contributed by atoms with Crippen molar-refractivity contribution in [2.24, 2.45) is 0 Å². The minimum atomic E-state index is -1.23. The van der Waals surface area contributed by atoms with Gasteiger partial charge < -0.3 is 15.6 Å². The lowest BCUT2D eigenvalue weighted by atomic mass is 10.2. The lowest BCUT2D eigenvalue weighted by Crippen LogP contribution is -2.23. The van der Waals surface area contributed by atoms with E-state index in [2.05, 4.69) is 10.1 Å². The first-order chi connectivity index (χ1) is 8.00. The van der Waals surface area contributed by atoms with Crippen molar-refractivity contribution in [1.82, 2.24) is 14.8 Å². The Bertz CT molecular complexity index is 572. The maximum absolute atomic E-state index is 10.9. The largest absolute Gasteiger partial charge is 0.545 e. The molecule has 0 bridgehead atoms. The summed E-state index contributed by atoms with van der Waals surface area (Å²) in [6.45, 7) is 3.27. The van der Waals surface area contributed by atoms with Crippen molar-refractivity contribution in [1.29, 1.82) is 0 Å². The average Bonchev–Trinajstić information content (AvgIpc) is 2.55. The number of nitrogens with two attached hydrogens (primary N) is 1. The van der Waals surface area contributed by atoms with Gasteiger partial charge in [0.2, 0.25) is 0 Å². The molecule has 2 N–H and O–H groups in total. The molecule has 2 aromatic rings. The zero-order valence-corrected chi connectivity index (χ0v) is 9.47. The van der Waals surface area contributed by atoms with Crippen LogP contribution in [0.2, 0.25) is 0 Å². The van der Waals surface area contributed by atoms with Gasteiger partial charge in [-0.15, -0.1) is 0 Å². The molecular weight excluding hydrogens is 220 g/mol. The summed E-state index contributed by atoms with van der Waals surface area (Å²) in [6, 6.07) is 3.35. The normalized spacial score (nSPS) is 10.5. The number of anilines is 1. The molecule has 2 aromatic heterocycles. The maximum atomic E-state index is 10.9. The average molecular weight is 231 g/mol. The minimum absolute atomic E-state index is 0.101. The third-order valence-corrected chi connectivity index (χ3v) is 2.48. The van der Waals surface area contributed by atoms with Gasteiger partial charge in [-0.1, -0.05) is 0 Å². The summed E-state index contributed by atoms with van der Waals surface area (Å²) in [7, 11) is 0. The quantitative estimate of drug-likeness (QED) is 0.773. The van der Waals surface area contributed by atoms with Crippen LogP contribution >= 0.6 is 0 Å². The molecule has 0 spiro atoms. The van der Waals surface area contributed by atoms with E-state index in [1.165, 1.54) is 10.9 Å². The Balaban J connectivity index is 2.57. The SMILES string of the molecule is Cc1nn(-c2ccc(N)cn2)c(C)c1C(=O)[O-]. The molecule has 2 heterocycles. The predicted octanol–water partition coefficient (Wildman–Crippen LogP) is -0.170. The van der Waals surface area contributed by atoms with Crippen LogP contribution in [0.25, 0.3) is 5.82 Å². The molecule has 88 valence electrons. The van der Waals surface area contributed by atoms with Gasteiger partial charge in [0.05, 0.1) is 29.2 Å². The maximum Gasteiger partial charge on any atom is 0.153 e. The number of pyridine rings is 1. The van der Waals surface area contributed by atoms with E-state index in [0.29, 0.717) is 22.9 Å². The van der Waals surface area contributed by atoms with E-state index in [4.69, 9.17) is 5.73 Å². The fraction of sp³-hybridized carbons (Fsp3) is 0.182. The molecule has 0 radical (unpaired) electrons. The second-order valence-electron chi connectivity index (χ2n) is 3.69. The highest BCUT2D eigenvalue weighted by molar-refractivity contribution is 5.88. The van der Waals surface area contributed by atoms with Crippen LogP contribution < -0.4 is 10.8 Å². The number of carbonyl (C=O) groups is 1. The minimum Gasteiger partial charge on any atom is -0.545 e. The van der Waals surface area contributed by atoms with Gasteiger partial charge in [-0.3, -0.25) is 0 Å². The first-order valence-corrected chi connectivity index (χ1v) is 5.00. The van der Waals surface area contributed by atoms with Crippen molar-refractivity contribution in [2.75, 3.05) is 5.73 Å². The summed E-state index contributed by atoms with van der Waals surface area (Å²) in [6.07, 6.45) is 1.49. The third kappa shape index (κ3) is 1.84. The first-order valence-electron chi connectivity index (χ1n) is 5.00. The summed E-state index contributed by atoms with van der Waals surface area (Å²) in [4.78, 5) is 15.0. The van der Waals surface area contributed by atoms with Gasteiger partial charge in [-0.2, -0.15) is 5.10 Å². The molecule has 0 aliphatic heterocycles. The fourth-order valence-electron chi connectivity index (χ4n) is 1.68. The summed E-state index contributed by atoms with van der Waals surface area (Å²) < 4.78 is 1.46. The number of rotatable bonds is 2. The van der Waals surface area contributed by atoms with Gasteiger partial charge in [0, 0.05) is 5.56 Å². The second kappa shape index (κ2) is 3.89. The summed E-state index contributed by atoms with van der Waals surface area (Å²) in [5, 5.41) is 15.1. The topological polar surface area (TPSA) is 96.9 Å². The number of hydrogen-bond acceptors (Lipinski definition) is 5. The molecule has 17 heavy (non-hydrogen) atoms. The molecule has 0 aliphatic carbocycles. The van der Waals surface area contributed by atoms with Crippen LogP contribution in [0.15, 0.2) is 18.3 Å². The van der Waals surface area contributed by atoms with E-state index in [9.17, 15) is 9.90 Å². The van der Waals surface area contributed by atoms with Crippen LogP contribution in [0.1, 0.15) is 21.7 Å². The van der Waals surface area contributed by atoms with Crippen LogP contribution in [-0.4, -0.2) is 20.7 Å². The molecule has 6 nitrogen and oxygen atoms in total. The molecule has 0 saturated carbocycles. The molecule has 0 aromatic carbocycles. The van der Waals surface area contributed by atoms with Gasteiger partial charge in [-0.05, 0) is 26.0 Å². The van der Waals surface area contributed by atoms with E-state index in [1.807, 2.05) is 0 Å². The van der Waals surface area contributed by atoms with Crippen LogP contribution in [0, 0.1) is 13.8 Å². The van der Waals surface area contributed by atoms with Crippen LogP contribution in [-0.2, 0) is 0 Å². The number of aromatic nitrogens is 3. The molecule has 0 fully saturated rings. The highest BCUT2D eigenvalue weighted by Gasteiger charge is 2.13. The Labute approximate surface area is 97.7 Å². The first kappa shape index (κ1) is 11.1. The number of aryl methyl sites for hydroxylation is 1. The lowest BCUT2D eigenvalue weighted by molar-refractivity contribution is -0.255. The van der Waals surface area contributed by atoms with Crippen molar-refractivity contribution in [3.05, 3.63) is 35.3 Å². The molecule has 0 unspecified atom stereocenters. The Morgan fingerprint density at radius 3 is 2.59 bits per heavy atom.